The second kappa shape index (κ2) is 11.3. The fraction of sp³-hybridized carbons (Fsp3) is 0.261. The molecule has 30 heavy (non-hydrogen) atoms. The number of benzene rings is 2. The lowest BCUT2D eigenvalue weighted by Gasteiger charge is -2.12. The van der Waals surface area contributed by atoms with Gasteiger partial charge in [-0.15, -0.1) is 0 Å². The first-order valence-electron chi connectivity index (χ1n) is 9.59. The molecule has 0 saturated carbocycles. The van der Waals surface area contributed by atoms with E-state index in [-0.39, 0.29) is 5.91 Å². The number of ether oxygens (including phenoxy) is 3. The van der Waals surface area contributed by atoms with E-state index in [2.05, 4.69) is 5.32 Å². The summed E-state index contributed by atoms with van der Waals surface area (Å²) in [4.78, 5) is 12.4. The maximum absolute atomic E-state index is 12.4. The highest BCUT2D eigenvalue weighted by molar-refractivity contribution is 6.30. The lowest BCUT2D eigenvalue weighted by Crippen LogP contribution is -2.25. The first-order valence-corrected chi connectivity index (χ1v) is 9.97. The van der Waals surface area contributed by atoms with Gasteiger partial charge in [-0.2, -0.15) is 0 Å². The number of nitrogens with one attached hydrogen (secondary N) is 1. The van der Waals surface area contributed by atoms with E-state index in [1.807, 2.05) is 36.4 Å². The molecule has 0 atom stereocenters. The molecule has 3 rings (SSSR count). The first kappa shape index (κ1) is 21.7. The van der Waals surface area contributed by atoms with Crippen molar-refractivity contribution >= 4 is 17.5 Å². The van der Waals surface area contributed by atoms with E-state index in [1.165, 1.54) is 0 Å². The van der Waals surface area contributed by atoms with Crippen LogP contribution >= 0.6 is 11.6 Å². The van der Waals surface area contributed by atoms with Gasteiger partial charge in [-0.05, 0) is 54.4 Å². The summed E-state index contributed by atoms with van der Waals surface area (Å²) < 4.78 is 21.9. The average molecular weight is 430 g/mol. The second-order valence-corrected chi connectivity index (χ2v) is 6.96. The van der Waals surface area contributed by atoms with Crippen LogP contribution in [0.4, 0.5) is 0 Å². The molecule has 6 nitrogen and oxygen atoms in total. The van der Waals surface area contributed by atoms with Crippen LogP contribution in [0.25, 0.3) is 0 Å². The Morgan fingerprint density at radius 2 is 1.90 bits per heavy atom. The zero-order valence-corrected chi connectivity index (χ0v) is 17.5. The number of carbonyl (C=O) groups excluding carboxylic acids is 1. The summed E-state index contributed by atoms with van der Waals surface area (Å²) in [6, 6.07) is 16.2. The fourth-order valence-electron chi connectivity index (χ4n) is 2.72. The Morgan fingerprint density at radius 1 is 1.07 bits per heavy atom. The minimum absolute atomic E-state index is 0.177. The van der Waals surface area contributed by atoms with Crippen molar-refractivity contribution in [2.75, 3.05) is 20.3 Å². The van der Waals surface area contributed by atoms with Crippen molar-refractivity contribution in [3.05, 3.63) is 82.8 Å². The highest BCUT2D eigenvalue weighted by Gasteiger charge is 2.11. The molecular weight excluding hydrogens is 406 g/mol. The van der Waals surface area contributed by atoms with Gasteiger partial charge in [0, 0.05) is 23.7 Å². The van der Waals surface area contributed by atoms with E-state index in [0.29, 0.717) is 54.9 Å². The first-order chi connectivity index (χ1) is 14.7. The lowest BCUT2D eigenvalue weighted by atomic mass is 10.2. The minimum Gasteiger partial charge on any atom is -0.493 e. The zero-order valence-electron chi connectivity index (χ0n) is 16.7. The number of halogens is 1. The van der Waals surface area contributed by atoms with Crippen LogP contribution in [0.15, 0.2) is 65.3 Å². The van der Waals surface area contributed by atoms with Gasteiger partial charge in [-0.1, -0.05) is 23.7 Å². The van der Waals surface area contributed by atoms with Crippen LogP contribution in [-0.4, -0.2) is 26.2 Å². The van der Waals surface area contributed by atoms with Crippen molar-refractivity contribution in [1.82, 2.24) is 5.32 Å². The summed E-state index contributed by atoms with van der Waals surface area (Å²) in [5.74, 6) is 1.67. The van der Waals surface area contributed by atoms with Gasteiger partial charge < -0.3 is 23.9 Å². The van der Waals surface area contributed by atoms with E-state index in [9.17, 15) is 4.79 Å². The summed E-state index contributed by atoms with van der Waals surface area (Å²) >= 11 is 5.90. The fourth-order valence-corrected chi connectivity index (χ4v) is 2.84. The van der Waals surface area contributed by atoms with Gasteiger partial charge >= 0.3 is 0 Å². The number of amides is 1. The molecule has 0 aliphatic heterocycles. The van der Waals surface area contributed by atoms with Crippen LogP contribution in [0, 0.1) is 0 Å². The van der Waals surface area contributed by atoms with Gasteiger partial charge in [-0.25, -0.2) is 0 Å². The van der Waals surface area contributed by atoms with Gasteiger partial charge in [0.05, 0.1) is 13.4 Å². The van der Waals surface area contributed by atoms with E-state index in [0.717, 1.165) is 11.3 Å². The monoisotopic (exact) mass is 429 g/mol. The Kier molecular flexibility index (Phi) is 8.18. The Labute approximate surface area is 180 Å². The number of hydrogen-bond donors (Lipinski definition) is 1. The largest absolute Gasteiger partial charge is 0.493 e. The highest BCUT2D eigenvalue weighted by atomic mass is 35.5. The molecule has 1 aromatic heterocycles. The number of hydrogen-bond acceptors (Lipinski definition) is 5. The normalized spacial score (nSPS) is 10.6. The highest BCUT2D eigenvalue weighted by Crippen LogP contribution is 2.29. The van der Waals surface area contributed by atoms with E-state index >= 15 is 0 Å². The summed E-state index contributed by atoms with van der Waals surface area (Å²) in [5.41, 5.74) is 1.49. The molecule has 7 heteroatoms. The molecule has 0 bridgehead atoms. The molecule has 1 heterocycles. The standard InChI is InChI=1S/C23H24ClNO5/c1-27-22-14-18(7-10-21(22)30-15-17-5-8-19(24)9-6-17)23(26)25-11-3-12-28-16-20-4-2-13-29-20/h2,4-10,13-14H,3,11-12,15-16H2,1H3,(H,25,26). The molecule has 0 spiro atoms. The molecule has 0 aliphatic rings. The Morgan fingerprint density at radius 3 is 2.63 bits per heavy atom. The lowest BCUT2D eigenvalue weighted by molar-refractivity contribution is 0.0916. The van der Waals surface area contributed by atoms with E-state index in [4.69, 9.17) is 30.2 Å². The topological polar surface area (TPSA) is 69.9 Å². The number of furan rings is 1. The molecular formula is C23H24ClNO5. The van der Waals surface area contributed by atoms with Gasteiger partial charge in [0.15, 0.2) is 11.5 Å². The third kappa shape index (κ3) is 6.54. The maximum atomic E-state index is 12.4. The van der Waals surface area contributed by atoms with E-state index < -0.39 is 0 Å². The molecule has 0 fully saturated rings. The number of carbonyl (C=O) groups is 1. The number of methoxy groups -OCH3 is 1. The summed E-state index contributed by atoms with van der Waals surface area (Å²) in [5, 5.41) is 3.55. The second-order valence-electron chi connectivity index (χ2n) is 6.52. The van der Waals surface area contributed by atoms with Crippen LogP contribution in [0.5, 0.6) is 11.5 Å². The summed E-state index contributed by atoms with van der Waals surface area (Å²) in [6.07, 6.45) is 2.31. The minimum atomic E-state index is -0.177. The quantitative estimate of drug-likeness (QED) is 0.441. The summed E-state index contributed by atoms with van der Waals surface area (Å²) in [6.45, 7) is 1.84. The molecule has 0 radical (unpaired) electrons. The predicted octanol–water partition coefficient (Wildman–Crippen LogP) is 4.86. The third-order valence-electron chi connectivity index (χ3n) is 4.31. The van der Waals surface area contributed by atoms with Crippen LogP contribution < -0.4 is 14.8 Å². The Hall–Kier alpha value is -2.96. The molecule has 0 aliphatic carbocycles. The Balaban J connectivity index is 1.44. The van der Waals surface area contributed by atoms with Gasteiger partial charge in [0.1, 0.15) is 19.0 Å². The van der Waals surface area contributed by atoms with Crippen LogP contribution in [0.1, 0.15) is 28.1 Å². The van der Waals surface area contributed by atoms with Crippen molar-refractivity contribution in [2.24, 2.45) is 0 Å². The molecule has 1 N–H and O–H groups in total. The van der Waals surface area contributed by atoms with Gasteiger partial charge in [0.2, 0.25) is 0 Å². The third-order valence-corrected chi connectivity index (χ3v) is 4.56. The van der Waals surface area contributed by atoms with Crippen LogP contribution in [0.3, 0.4) is 0 Å². The predicted molar refractivity (Wildman–Crippen MR) is 114 cm³/mol. The molecule has 158 valence electrons. The average Bonchev–Trinajstić information content (AvgIpc) is 3.29. The summed E-state index contributed by atoms with van der Waals surface area (Å²) in [7, 11) is 1.54. The number of rotatable bonds is 11. The van der Waals surface area contributed by atoms with Crippen LogP contribution in [0.2, 0.25) is 5.02 Å². The molecule has 1 amide bonds. The molecule has 0 saturated heterocycles. The van der Waals surface area contributed by atoms with E-state index in [1.54, 1.807) is 31.6 Å². The molecule has 3 aromatic rings. The SMILES string of the molecule is COc1cc(C(=O)NCCCOCc2ccco2)ccc1OCc1ccc(Cl)cc1. The van der Waals surface area contributed by atoms with Crippen molar-refractivity contribution < 1.29 is 23.4 Å². The van der Waals surface area contributed by atoms with Gasteiger partial charge in [-0.3, -0.25) is 4.79 Å². The Bertz CT molecular complexity index is 925. The zero-order chi connectivity index (χ0) is 21.2. The molecule has 2 aromatic carbocycles. The maximum Gasteiger partial charge on any atom is 0.251 e. The molecule has 0 unspecified atom stereocenters. The van der Waals surface area contributed by atoms with Crippen molar-refractivity contribution in [3.8, 4) is 11.5 Å². The smallest absolute Gasteiger partial charge is 0.251 e. The van der Waals surface area contributed by atoms with Crippen molar-refractivity contribution in [1.29, 1.82) is 0 Å². The van der Waals surface area contributed by atoms with Crippen LogP contribution in [-0.2, 0) is 18.0 Å². The van der Waals surface area contributed by atoms with Crippen molar-refractivity contribution in [3.63, 3.8) is 0 Å². The van der Waals surface area contributed by atoms with Gasteiger partial charge in [0.25, 0.3) is 5.91 Å². The van der Waals surface area contributed by atoms with Crippen molar-refractivity contribution in [2.45, 2.75) is 19.6 Å².